The second kappa shape index (κ2) is 5.22. The first-order chi connectivity index (χ1) is 5.89. The third-order valence-electron chi connectivity index (χ3n) is 2.25. The molecule has 0 rings (SSSR count). The predicted octanol–water partition coefficient (Wildman–Crippen LogP) is 2.04. The number of rotatable bonds is 6. The Morgan fingerprint density at radius 3 is 2.31 bits per heavy atom. The van der Waals surface area contributed by atoms with E-state index in [1.54, 1.807) is 0 Å². The van der Waals surface area contributed by atoms with E-state index in [0.717, 1.165) is 0 Å². The summed E-state index contributed by atoms with van der Waals surface area (Å²) in [7, 11) is 0. The van der Waals surface area contributed by atoms with Crippen molar-refractivity contribution in [2.75, 3.05) is 0 Å². The van der Waals surface area contributed by atoms with Gasteiger partial charge in [-0.15, -0.1) is 0 Å². The van der Waals surface area contributed by atoms with Crippen LogP contribution in [0.5, 0.6) is 0 Å². The predicted molar refractivity (Wildman–Crippen MR) is 51.6 cm³/mol. The Balaban J connectivity index is 4.03. The molecule has 13 heavy (non-hydrogen) atoms. The highest BCUT2D eigenvalue weighted by atomic mass is 16.4. The van der Waals surface area contributed by atoms with Crippen LogP contribution in [0.4, 0.5) is 0 Å². The molecular formula is C10H20O3. The van der Waals surface area contributed by atoms with E-state index in [1.807, 2.05) is 20.8 Å². The van der Waals surface area contributed by atoms with Crippen molar-refractivity contribution in [1.29, 1.82) is 0 Å². The van der Waals surface area contributed by atoms with Gasteiger partial charge in [-0.3, -0.25) is 4.79 Å². The maximum Gasteiger partial charge on any atom is 0.303 e. The molecule has 0 aromatic carbocycles. The first-order valence-corrected chi connectivity index (χ1v) is 4.84. The Morgan fingerprint density at radius 1 is 1.46 bits per heavy atom. The van der Waals surface area contributed by atoms with Crippen LogP contribution < -0.4 is 0 Å². The van der Waals surface area contributed by atoms with Crippen LogP contribution in [0, 0.1) is 5.92 Å². The first-order valence-electron chi connectivity index (χ1n) is 4.84. The molecule has 0 heterocycles. The number of aliphatic hydroxyl groups is 1. The Kier molecular flexibility index (Phi) is 4.99. The Hall–Kier alpha value is -0.570. The van der Waals surface area contributed by atoms with Gasteiger partial charge < -0.3 is 10.2 Å². The number of aliphatic carboxylic acids is 1. The lowest BCUT2D eigenvalue weighted by Gasteiger charge is -2.28. The average molecular weight is 188 g/mol. The second-order valence-corrected chi connectivity index (χ2v) is 4.07. The average Bonchev–Trinajstić information content (AvgIpc) is 2.00. The Morgan fingerprint density at radius 2 is 2.00 bits per heavy atom. The van der Waals surface area contributed by atoms with Gasteiger partial charge in [0.15, 0.2) is 0 Å². The fourth-order valence-corrected chi connectivity index (χ4v) is 1.52. The Bertz CT molecular complexity index is 166. The Labute approximate surface area is 79.8 Å². The minimum absolute atomic E-state index is 0.0526. The second-order valence-electron chi connectivity index (χ2n) is 4.07. The van der Waals surface area contributed by atoms with E-state index in [9.17, 15) is 9.90 Å². The molecule has 0 bridgehead atoms. The van der Waals surface area contributed by atoms with Crippen LogP contribution in [-0.2, 0) is 4.79 Å². The van der Waals surface area contributed by atoms with Crippen LogP contribution in [-0.4, -0.2) is 21.8 Å². The van der Waals surface area contributed by atoms with Crippen molar-refractivity contribution < 1.29 is 15.0 Å². The summed E-state index contributed by atoms with van der Waals surface area (Å²) in [5, 5.41) is 18.5. The van der Waals surface area contributed by atoms with Gasteiger partial charge in [-0.05, 0) is 25.2 Å². The fraction of sp³-hybridized carbons (Fsp3) is 0.900. The third-order valence-corrected chi connectivity index (χ3v) is 2.25. The quantitative estimate of drug-likeness (QED) is 0.670. The van der Waals surface area contributed by atoms with E-state index in [2.05, 4.69) is 0 Å². The lowest BCUT2D eigenvalue weighted by molar-refractivity contribution is -0.138. The maximum atomic E-state index is 10.3. The summed E-state index contributed by atoms with van der Waals surface area (Å²) in [6.07, 6.45) is 1.71. The van der Waals surface area contributed by atoms with E-state index in [-0.39, 0.29) is 6.42 Å². The highest BCUT2D eigenvalue weighted by Crippen LogP contribution is 2.25. The highest BCUT2D eigenvalue weighted by molar-refractivity contribution is 5.66. The van der Waals surface area contributed by atoms with Gasteiger partial charge in [-0.1, -0.05) is 20.8 Å². The van der Waals surface area contributed by atoms with Crippen LogP contribution >= 0.6 is 0 Å². The molecule has 3 nitrogen and oxygen atoms in total. The van der Waals surface area contributed by atoms with Crippen molar-refractivity contribution >= 4 is 5.97 Å². The topological polar surface area (TPSA) is 57.5 Å². The van der Waals surface area contributed by atoms with Gasteiger partial charge in [-0.2, -0.15) is 0 Å². The zero-order valence-electron chi connectivity index (χ0n) is 8.71. The summed E-state index contributed by atoms with van der Waals surface area (Å²) in [4.78, 5) is 10.3. The number of hydrogen-bond donors (Lipinski definition) is 2. The lowest BCUT2D eigenvalue weighted by atomic mass is 9.86. The molecule has 1 unspecified atom stereocenters. The van der Waals surface area contributed by atoms with Crippen LogP contribution in [0.3, 0.4) is 0 Å². The summed E-state index contributed by atoms with van der Waals surface area (Å²) in [5.41, 5.74) is -0.785. The fourth-order valence-electron chi connectivity index (χ4n) is 1.52. The maximum absolute atomic E-state index is 10.3. The lowest BCUT2D eigenvalue weighted by Crippen LogP contribution is -2.30. The minimum atomic E-state index is -0.837. The zero-order valence-corrected chi connectivity index (χ0v) is 8.71. The van der Waals surface area contributed by atoms with Crippen LogP contribution in [0.25, 0.3) is 0 Å². The van der Waals surface area contributed by atoms with Gasteiger partial charge in [0, 0.05) is 6.42 Å². The molecule has 0 aliphatic heterocycles. The number of carboxylic acid groups (broad SMARTS) is 1. The standard InChI is InChI=1S/C10H20O3/c1-4-10(13,7-8(2)3)6-5-9(11)12/h8,13H,4-7H2,1-3H3,(H,11,12). The number of hydrogen-bond acceptors (Lipinski definition) is 2. The molecule has 2 N–H and O–H groups in total. The van der Waals surface area contributed by atoms with E-state index in [1.165, 1.54) is 0 Å². The number of carboxylic acids is 1. The van der Waals surface area contributed by atoms with Gasteiger partial charge in [0.05, 0.1) is 5.60 Å². The smallest absolute Gasteiger partial charge is 0.303 e. The molecule has 0 fully saturated rings. The molecule has 0 spiro atoms. The van der Waals surface area contributed by atoms with Crippen LogP contribution in [0.1, 0.15) is 46.5 Å². The third kappa shape index (κ3) is 5.64. The summed E-state index contributed by atoms with van der Waals surface area (Å²) in [6.45, 7) is 5.95. The van der Waals surface area contributed by atoms with Crippen molar-refractivity contribution in [2.24, 2.45) is 5.92 Å². The summed E-state index contributed by atoms with van der Waals surface area (Å²) < 4.78 is 0. The molecule has 0 radical (unpaired) electrons. The van der Waals surface area contributed by atoms with E-state index in [4.69, 9.17) is 5.11 Å². The van der Waals surface area contributed by atoms with Gasteiger partial charge in [0.2, 0.25) is 0 Å². The molecule has 0 saturated carbocycles. The minimum Gasteiger partial charge on any atom is -0.481 e. The van der Waals surface area contributed by atoms with Gasteiger partial charge in [0.1, 0.15) is 0 Å². The largest absolute Gasteiger partial charge is 0.481 e. The molecule has 1 atom stereocenters. The van der Waals surface area contributed by atoms with Crippen molar-refractivity contribution in [1.82, 2.24) is 0 Å². The van der Waals surface area contributed by atoms with Crippen molar-refractivity contribution in [3.63, 3.8) is 0 Å². The van der Waals surface area contributed by atoms with Gasteiger partial charge in [0.25, 0.3) is 0 Å². The van der Waals surface area contributed by atoms with Gasteiger partial charge >= 0.3 is 5.97 Å². The summed E-state index contributed by atoms with van der Waals surface area (Å²) >= 11 is 0. The summed E-state index contributed by atoms with van der Waals surface area (Å²) in [5.74, 6) is -0.436. The van der Waals surface area contributed by atoms with E-state index < -0.39 is 11.6 Å². The molecule has 3 heteroatoms. The van der Waals surface area contributed by atoms with E-state index >= 15 is 0 Å². The van der Waals surface area contributed by atoms with E-state index in [0.29, 0.717) is 25.2 Å². The molecule has 0 amide bonds. The molecule has 0 saturated heterocycles. The molecule has 0 aromatic heterocycles. The highest BCUT2D eigenvalue weighted by Gasteiger charge is 2.26. The van der Waals surface area contributed by atoms with Crippen LogP contribution in [0.15, 0.2) is 0 Å². The molecule has 0 aliphatic rings. The molecule has 78 valence electrons. The summed E-state index contributed by atoms with van der Waals surface area (Å²) in [6, 6.07) is 0. The van der Waals surface area contributed by atoms with Crippen molar-refractivity contribution in [2.45, 2.75) is 52.1 Å². The normalized spacial score (nSPS) is 15.8. The SMILES string of the molecule is CCC(O)(CCC(=O)O)CC(C)C. The number of carbonyl (C=O) groups is 1. The monoisotopic (exact) mass is 188 g/mol. The van der Waals surface area contributed by atoms with Crippen molar-refractivity contribution in [3.8, 4) is 0 Å². The molecule has 0 aromatic rings. The molecular weight excluding hydrogens is 168 g/mol. The zero-order chi connectivity index (χ0) is 10.5. The first kappa shape index (κ1) is 12.4. The van der Waals surface area contributed by atoms with Crippen molar-refractivity contribution in [3.05, 3.63) is 0 Å². The molecule has 0 aliphatic carbocycles. The van der Waals surface area contributed by atoms with Crippen LogP contribution in [0.2, 0.25) is 0 Å². The van der Waals surface area contributed by atoms with Gasteiger partial charge in [-0.25, -0.2) is 0 Å².